The first-order valence-electron chi connectivity index (χ1n) is 9.85. The fourth-order valence-electron chi connectivity index (χ4n) is 2.74. The van der Waals surface area contributed by atoms with Gasteiger partial charge in [-0.2, -0.15) is 0 Å². The standard InChI is InChI=1S/C21H29FN4O3S.HI/c1-6-23-21(24-11-15-8-9-17(22)16(10-15)12-28-5)26-14(4)19-25-13(3)18(30-19)20(27)29-7-2;/h8-10,14H,6-7,11-12H2,1-5H3,(H2,23,24,26);1H. The Kier molecular flexibility index (Phi) is 11.9. The van der Waals surface area contributed by atoms with Gasteiger partial charge in [-0.1, -0.05) is 6.07 Å². The van der Waals surface area contributed by atoms with E-state index in [0.29, 0.717) is 41.8 Å². The van der Waals surface area contributed by atoms with Gasteiger partial charge in [-0.05, 0) is 45.4 Å². The molecule has 0 aliphatic carbocycles. The maximum absolute atomic E-state index is 13.8. The Hall–Kier alpha value is -1.79. The van der Waals surface area contributed by atoms with Crippen LogP contribution >= 0.6 is 35.3 Å². The van der Waals surface area contributed by atoms with Gasteiger partial charge in [-0.15, -0.1) is 35.3 Å². The second-order valence-electron chi connectivity index (χ2n) is 6.61. The second-order valence-corrected chi connectivity index (χ2v) is 7.64. The highest BCUT2D eigenvalue weighted by Crippen LogP contribution is 2.24. The number of carbonyl (C=O) groups excluding carboxylic acids is 1. The number of esters is 1. The lowest BCUT2D eigenvalue weighted by molar-refractivity contribution is 0.0531. The third-order valence-electron chi connectivity index (χ3n) is 4.17. The highest BCUT2D eigenvalue weighted by Gasteiger charge is 2.20. The number of hydrogen-bond donors (Lipinski definition) is 2. The molecule has 1 heterocycles. The minimum absolute atomic E-state index is 0. The molecule has 0 bridgehead atoms. The van der Waals surface area contributed by atoms with Crippen LogP contribution in [0.5, 0.6) is 0 Å². The van der Waals surface area contributed by atoms with Gasteiger partial charge in [-0.25, -0.2) is 19.2 Å². The molecule has 31 heavy (non-hydrogen) atoms. The highest BCUT2D eigenvalue weighted by molar-refractivity contribution is 14.0. The molecule has 0 saturated heterocycles. The summed E-state index contributed by atoms with van der Waals surface area (Å²) in [4.78, 5) is 21.6. The molecule has 7 nitrogen and oxygen atoms in total. The normalized spacial score (nSPS) is 12.1. The van der Waals surface area contributed by atoms with E-state index in [9.17, 15) is 9.18 Å². The molecule has 2 rings (SSSR count). The molecule has 172 valence electrons. The first kappa shape index (κ1) is 27.2. The number of carbonyl (C=O) groups is 1. The minimum Gasteiger partial charge on any atom is -0.462 e. The van der Waals surface area contributed by atoms with Gasteiger partial charge in [-0.3, -0.25) is 0 Å². The van der Waals surface area contributed by atoms with Crippen molar-refractivity contribution in [3.8, 4) is 0 Å². The fourth-order valence-corrected chi connectivity index (χ4v) is 3.70. The summed E-state index contributed by atoms with van der Waals surface area (Å²) in [5, 5.41) is 7.27. The molecule has 1 atom stereocenters. The number of benzene rings is 1. The Labute approximate surface area is 203 Å². The summed E-state index contributed by atoms with van der Waals surface area (Å²) in [6, 6.07) is 4.73. The van der Waals surface area contributed by atoms with Gasteiger partial charge in [0.05, 0.1) is 31.5 Å². The minimum atomic E-state index is -0.352. The monoisotopic (exact) mass is 564 g/mol. The lowest BCUT2D eigenvalue weighted by atomic mass is 10.1. The number of nitrogens with one attached hydrogen (secondary N) is 2. The maximum Gasteiger partial charge on any atom is 0.350 e. The van der Waals surface area contributed by atoms with Gasteiger partial charge in [0.15, 0.2) is 5.96 Å². The van der Waals surface area contributed by atoms with Crippen LogP contribution in [0.2, 0.25) is 0 Å². The Morgan fingerprint density at radius 2 is 2.10 bits per heavy atom. The maximum atomic E-state index is 13.8. The summed E-state index contributed by atoms with van der Waals surface area (Å²) in [7, 11) is 1.53. The Bertz CT molecular complexity index is 892. The predicted octanol–water partition coefficient (Wildman–Crippen LogP) is 4.35. The molecule has 2 aromatic rings. The molecule has 0 aliphatic heterocycles. The molecular weight excluding hydrogens is 534 g/mol. The van der Waals surface area contributed by atoms with Gasteiger partial charge < -0.3 is 20.1 Å². The van der Waals surface area contributed by atoms with E-state index in [4.69, 9.17) is 9.47 Å². The number of methoxy groups -OCH3 is 1. The lowest BCUT2D eigenvalue weighted by Crippen LogP contribution is -2.38. The van der Waals surface area contributed by atoms with E-state index in [1.54, 1.807) is 26.0 Å². The van der Waals surface area contributed by atoms with Crippen LogP contribution in [-0.2, 0) is 22.6 Å². The number of rotatable bonds is 9. The van der Waals surface area contributed by atoms with Gasteiger partial charge in [0.1, 0.15) is 15.7 Å². The second kappa shape index (κ2) is 13.6. The van der Waals surface area contributed by atoms with Crippen LogP contribution in [0.3, 0.4) is 0 Å². The number of thiazole rings is 1. The average Bonchev–Trinajstić information content (AvgIpc) is 3.11. The van der Waals surface area contributed by atoms with E-state index < -0.39 is 0 Å². The highest BCUT2D eigenvalue weighted by atomic mass is 127. The zero-order chi connectivity index (χ0) is 22.1. The molecule has 2 N–H and O–H groups in total. The predicted molar refractivity (Wildman–Crippen MR) is 132 cm³/mol. The van der Waals surface area contributed by atoms with Crippen LogP contribution < -0.4 is 10.6 Å². The first-order chi connectivity index (χ1) is 14.4. The van der Waals surface area contributed by atoms with Crippen molar-refractivity contribution in [3.63, 3.8) is 0 Å². The van der Waals surface area contributed by atoms with Crippen molar-refractivity contribution in [2.24, 2.45) is 4.99 Å². The third kappa shape index (κ3) is 8.00. The van der Waals surface area contributed by atoms with Crippen LogP contribution in [0.25, 0.3) is 0 Å². The molecule has 10 heteroatoms. The van der Waals surface area contributed by atoms with Crippen molar-refractivity contribution < 1.29 is 18.7 Å². The lowest BCUT2D eigenvalue weighted by Gasteiger charge is -2.16. The number of nitrogens with zero attached hydrogens (tertiary/aromatic N) is 2. The number of ether oxygens (including phenoxy) is 2. The van der Waals surface area contributed by atoms with Crippen LogP contribution in [0.4, 0.5) is 4.39 Å². The number of guanidine groups is 1. The molecule has 0 spiro atoms. The Balaban J connectivity index is 0.00000480. The van der Waals surface area contributed by atoms with Crippen LogP contribution in [0.15, 0.2) is 23.2 Å². The molecule has 0 saturated carbocycles. The topological polar surface area (TPSA) is 84.8 Å². The molecule has 0 radical (unpaired) electrons. The van der Waals surface area contributed by atoms with Crippen molar-refractivity contribution in [2.75, 3.05) is 20.3 Å². The van der Waals surface area contributed by atoms with E-state index >= 15 is 0 Å². The van der Waals surface area contributed by atoms with Gasteiger partial charge in [0, 0.05) is 19.2 Å². The largest absolute Gasteiger partial charge is 0.462 e. The number of halogens is 2. The summed E-state index contributed by atoms with van der Waals surface area (Å²) in [5.41, 5.74) is 2.03. The van der Waals surface area contributed by atoms with Crippen molar-refractivity contribution in [1.29, 1.82) is 0 Å². The number of aromatic nitrogens is 1. The van der Waals surface area contributed by atoms with Crippen molar-refractivity contribution in [2.45, 2.75) is 46.9 Å². The summed E-state index contributed by atoms with van der Waals surface area (Å²) in [6.45, 7) is 9.10. The van der Waals surface area contributed by atoms with Crippen molar-refractivity contribution in [1.82, 2.24) is 15.6 Å². The Morgan fingerprint density at radius 1 is 1.35 bits per heavy atom. The van der Waals surface area contributed by atoms with Crippen LogP contribution in [0, 0.1) is 12.7 Å². The van der Waals surface area contributed by atoms with Crippen LogP contribution in [-0.4, -0.2) is 37.2 Å². The average molecular weight is 564 g/mol. The quantitative estimate of drug-likeness (QED) is 0.204. The molecular formula is C21H30FIN4O3S. The number of hydrogen-bond acceptors (Lipinski definition) is 6. The third-order valence-corrected chi connectivity index (χ3v) is 5.49. The zero-order valence-electron chi connectivity index (χ0n) is 18.5. The van der Waals surface area contributed by atoms with E-state index in [2.05, 4.69) is 20.6 Å². The SMILES string of the molecule is CCNC(=NCc1ccc(F)c(COC)c1)NC(C)c1nc(C)c(C(=O)OCC)s1.I. The molecule has 0 amide bonds. The van der Waals surface area contributed by atoms with Crippen molar-refractivity contribution in [3.05, 3.63) is 50.7 Å². The fraction of sp³-hybridized carbons (Fsp3) is 0.476. The van der Waals surface area contributed by atoms with E-state index in [-0.39, 0.29) is 48.4 Å². The van der Waals surface area contributed by atoms with Gasteiger partial charge >= 0.3 is 5.97 Å². The van der Waals surface area contributed by atoms with Gasteiger partial charge in [0.2, 0.25) is 0 Å². The summed E-state index contributed by atoms with van der Waals surface area (Å²) >= 11 is 1.31. The summed E-state index contributed by atoms with van der Waals surface area (Å²) in [6.07, 6.45) is 0. The van der Waals surface area contributed by atoms with Crippen molar-refractivity contribution >= 4 is 47.2 Å². The van der Waals surface area contributed by atoms with Crippen LogP contribution in [0.1, 0.15) is 58.3 Å². The molecule has 1 unspecified atom stereocenters. The number of aliphatic imine (C=N–C) groups is 1. The van der Waals surface area contributed by atoms with E-state index in [1.807, 2.05) is 13.8 Å². The first-order valence-corrected chi connectivity index (χ1v) is 10.7. The van der Waals surface area contributed by atoms with E-state index in [1.165, 1.54) is 24.5 Å². The van der Waals surface area contributed by atoms with Gasteiger partial charge in [0.25, 0.3) is 0 Å². The smallest absolute Gasteiger partial charge is 0.350 e. The molecule has 1 aromatic carbocycles. The van der Waals surface area contributed by atoms with E-state index in [0.717, 1.165) is 10.6 Å². The molecule has 1 aromatic heterocycles. The molecule has 0 aliphatic rings. The summed E-state index contributed by atoms with van der Waals surface area (Å²) in [5.74, 6) is -0.0392. The Morgan fingerprint density at radius 3 is 2.74 bits per heavy atom. The zero-order valence-corrected chi connectivity index (χ0v) is 21.6. The number of aryl methyl sites for hydroxylation is 1. The summed E-state index contributed by atoms with van der Waals surface area (Å²) < 4.78 is 23.9. The molecule has 0 fully saturated rings.